The largest absolute Gasteiger partial charge is 0.388 e. The van der Waals surface area contributed by atoms with Gasteiger partial charge in [-0.2, -0.15) is 0 Å². The van der Waals surface area contributed by atoms with Crippen molar-refractivity contribution in [2.45, 2.75) is 43.8 Å². The maximum atomic E-state index is 11.4. The van der Waals surface area contributed by atoms with Gasteiger partial charge in [0, 0.05) is 17.4 Å². The molecule has 0 bridgehead atoms. The molecule has 2 fully saturated rings. The first-order valence-electron chi connectivity index (χ1n) is 7.57. The maximum absolute atomic E-state index is 11.4. The molecule has 2 heterocycles. The fourth-order valence-corrected chi connectivity index (χ4v) is 2.93. The SMILES string of the molecule is CC(=O)N[C@@H]1[C@@H](O)[C@@H]2O[C@H](c3ccccc3)OC[C@H]2O[C@@H]1N=[N+]=[N-]. The molecular formula is C15H18N4O5. The van der Waals surface area contributed by atoms with E-state index in [0.717, 1.165) is 5.56 Å². The van der Waals surface area contributed by atoms with Crippen molar-refractivity contribution in [1.29, 1.82) is 0 Å². The molecule has 0 spiro atoms. The summed E-state index contributed by atoms with van der Waals surface area (Å²) in [4.78, 5) is 14.1. The zero-order valence-corrected chi connectivity index (χ0v) is 13.0. The normalized spacial score (nSPS) is 35.4. The number of benzene rings is 1. The summed E-state index contributed by atoms with van der Waals surface area (Å²) >= 11 is 0. The van der Waals surface area contributed by atoms with E-state index in [1.807, 2.05) is 30.3 Å². The van der Waals surface area contributed by atoms with Crippen molar-refractivity contribution in [3.05, 3.63) is 46.3 Å². The Bertz CT molecular complexity index is 636. The van der Waals surface area contributed by atoms with Gasteiger partial charge in [-0.1, -0.05) is 35.4 Å². The van der Waals surface area contributed by atoms with E-state index in [-0.39, 0.29) is 12.5 Å². The van der Waals surface area contributed by atoms with Crippen LogP contribution in [0.3, 0.4) is 0 Å². The van der Waals surface area contributed by atoms with Gasteiger partial charge < -0.3 is 24.6 Å². The van der Waals surface area contributed by atoms with Gasteiger partial charge in [-0.25, -0.2) is 0 Å². The third-order valence-electron chi connectivity index (χ3n) is 3.99. The molecule has 24 heavy (non-hydrogen) atoms. The summed E-state index contributed by atoms with van der Waals surface area (Å²) in [5, 5.41) is 16.7. The maximum Gasteiger partial charge on any atom is 0.217 e. The molecule has 0 aromatic heterocycles. The Morgan fingerprint density at radius 1 is 1.38 bits per heavy atom. The van der Waals surface area contributed by atoms with Crippen LogP contribution < -0.4 is 5.32 Å². The van der Waals surface area contributed by atoms with Crippen LogP contribution in [0.1, 0.15) is 18.8 Å². The van der Waals surface area contributed by atoms with Crippen LogP contribution in [-0.4, -0.2) is 48.2 Å². The lowest BCUT2D eigenvalue weighted by molar-refractivity contribution is -0.314. The van der Waals surface area contributed by atoms with Crippen molar-refractivity contribution >= 4 is 5.91 Å². The van der Waals surface area contributed by atoms with E-state index < -0.39 is 36.9 Å². The zero-order valence-electron chi connectivity index (χ0n) is 13.0. The predicted molar refractivity (Wildman–Crippen MR) is 81.4 cm³/mol. The molecule has 1 aromatic rings. The van der Waals surface area contributed by atoms with Crippen LogP contribution in [0.4, 0.5) is 0 Å². The molecule has 128 valence electrons. The summed E-state index contributed by atoms with van der Waals surface area (Å²) in [5.74, 6) is -0.370. The van der Waals surface area contributed by atoms with Crippen molar-refractivity contribution < 1.29 is 24.1 Å². The first-order valence-corrected chi connectivity index (χ1v) is 7.57. The van der Waals surface area contributed by atoms with Gasteiger partial charge in [-0.15, -0.1) is 0 Å². The highest BCUT2D eigenvalue weighted by Gasteiger charge is 2.49. The molecule has 9 nitrogen and oxygen atoms in total. The van der Waals surface area contributed by atoms with Gasteiger partial charge in [-0.05, 0) is 5.53 Å². The third-order valence-corrected chi connectivity index (χ3v) is 3.99. The number of aliphatic hydroxyl groups excluding tert-OH is 1. The van der Waals surface area contributed by atoms with E-state index >= 15 is 0 Å². The number of amides is 1. The number of nitrogens with one attached hydrogen (secondary N) is 1. The number of carbonyl (C=O) groups is 1. The molecule has 0 saturated carbocycles. The number of hydrogen-bond donors (Lipinski definition) is 2. The molecule has 1 amide bonds. The van der Waals surface area contributed by atoms with Crippen LogP contribution in [0.5, 0.6) is 0 Å². The molecule has 2 saturated heterocycles. The molecule has 1 aromatic carbocycles. The lowest BCUT2D eigenvalue weighted by atomic mass is 9.95. The number of hydrogen-bond acceptors (Lipinski definition) is 6. The Kier molecular flexibility index (Phi) is 4.98. The summed E-state index contributed by atoms with van der Waals surface area (Å²) < 4.78 is 17.1. The van der Waals surface area contributed by atoms with Crippen LogP contribution in [0.15, 0.2) is 35.4 Å². The fourth-order valence-electron chi connectivity index (χ4n) is 2.93. The van der Waals surface area contributed by atoms with Crippen molar-refractivity contribution in [1.82, 2.24) is 5.32 Å². The molecular weight excluding hydrogens is 316 g/mol. The minimum Gasteiger partial charge on any atom is -0.388 e. The lowest BCUT2D eigenvalue weighted by Gasteiger charge is -2.47. The van der Waals surface area contributed by atoms with Crippen molar-refractivity contribution in [2.75, 3.05) is 6.61 Å². The van der Waals surface area contributed by atoms with Gasteiger partial charge in [0.25, 0.3) is 0 Å². The van der Waals surface area contributed by atoms with Gasteiger partial charge in [0.15, 0.2) is 12.5 Å². The van der Waals surface area contributed by atoms with Gasteiger partial charge in [0.1, 0.15) is 18.3 Å². The molecule has 2 aliphatic rings. The molecule has 3 rings (SSSR count). The molecule has 2 aliphatic heterocycles. The van der Waals surface area contributed by atoms with E-state index in [1.165, 1.54) is 6.92 Å². The summed E-state index contributed by atoms with van der Waals surface area (Å²) in [6, 6.07) is 8.42. The molecule has 0 aliphatic carbocycles. The van der Waals surface area contributed by atoms with Crippen LogP contribution in [0, 0.1) is 0 Å². The van der Waals surface area contributed by atoms with Crippen molar-refractivity contribution in [2.24, 2.45) is 5.11 Å². The quantitative estimate of drug-likeness (QED) is 0.484. The Labute approximate surface area is 138 Å². The molecule has 6 atom stereocenters. The van der Waals surface area contributed by atoms with E-state index in [0.29, 0.717) is 0 Å². The lowest BCUT2D eigenvalue weighted by Crippen LogP contribution is -2.65. The summed E-state index contributed by atoms with van der Waals surface area (Å²) in [6.07, 6.45) is -4.08. The molecule has 2 N–H and O–H groups in total. The summed E-state index contributed by atoms with van der Waals surface area (Å²) in [7, 11) is 0. The first-order chi connectivity index (χ1) is 11.6. The number of fused-ring (bicyclic) bond motifs is 1. The molecule has 0 radical (unpaired) electrons. The highest BCUT2D eigenvalue weighted by atomic mass is 16.7. The van der Waals surface area contributed by atoms with Crippen molar-refractivity contribution in [3.63, 3.8) is 0 Å². The van der Waals surface area contributed by atoms with Gasteiger partial charge in [0.2, 0.25) is 5.91 Å². The van der Waals surface area contributed by atoms with Crippen molar-refractivity contribution in [3.8, 4) is 0 Å². The smallest absolute Gasteiger partial charge is 0.217 e. The number of nitrogens with zero attached hydrogens (tertiary/aromatic N) is 3. The van der Waals surface area contributed by atoms with Gasteiger partial charge in [0.05, 0.1) is 12.6 Å². The second kappa shape index (κ2) is 7.16. The van der Waals surface area contributed by atoms with E-state index in [9.17, 15) is 9.90 Å². The topological polar surface area (TPSA) is 126 Å². The minimum absolute atomic E-state index is 0.172. The average molecular weight is 334 g/mol. The Morgan fingerprint density at radius 2 is 2.12 bits per heavy atom. The highest BCUT2D eigenvalue weighted by Crippen LogP contribution is 2.34. The number of carbonyl (C=O) groups excluding carboxylic acids is 1. The number of azide groups is 1. The number of rotatable bonds is 3. The van der Waals surface area contributed by atoms with Crippen LogP contribution >= 0.6 is 0 Å². The monoisotopic (exact) mass is 334 g/mol. The summed E-state index contributed by atoms with van der Waals surface area (Å²) in [5.41, 5.74) is 9.48. The Morgan fingerprint density at radius 3 is 2.79 bits per heavy atom. The first kappa shape index (κ1) is 16.7. The third kappa shape index (κ3) is 3.35. The van der Waals surface area contributed by atoms with Crippen LogP contribution in [-0.2, 0) is 19.0 Å². The van der Waals surface area contributed by atoms with Crippen LogP contribution in [0.2, 0.25) is 0 Å². The second-order valence-electron chi connectivity index (χ2n) is 5.66. The van der Waals surface area contributed by atoms with Gasteiger partial charge in [-0.3, -0.25) is 4.79 Å². The highest BCUT2D eigenvalue weighted by molar-refractivity contribution is 5.73. The Hall–Kier alpha value is -2.16. The van der Waals surface area contributed by atoms with E-state index in [4.69, 9.17) is 19.7 Å². The summed E-state index contributed by atoms with van der Waals surface area (Å²) in [6.45, 7) is 1.48. The molecule has 0 unspecified atom stereocenters. The number of ether oxygens (including phenoxy) is 3. The van der Waals surface area contributed by atoms with E-state index in [2.05, 4.69) is 15.3 Å². The zero-order chi connectivity index (χ0) is 17.1. The predicted octanol–water partition coefficient (Wildman–Crippen LogP) is 1.00. The standard InChI is InChI=1S/C15H18N4O5/c1-8(20)17-11-12(21)13-10(23-14(11)18-19-16)7-22-15(24-13)9-5-3-2-4-6-9/h2-6,10-15,21H,7H2,1H3,(H,17,20)/t10-,11-,12-,13-,14+,15-/m1/s1. The fraction of sp³-hybridized carbons (Fsp3) is 0.533. The van der Waals surface area contributed by atoms with E-state index in [1.54, 1.807) is 0 Å². The van der Waals surface area contributed by atoms with Crippen LogP contribution in [0.25, 0.3) is 10.4 Å². The minimum atomic E-state index is -1.10. The molecule has 9 heteroatoms. The number of aliphatic hydroxyl groups is 1. The average Bonchev–Trinajstić information content (AvgIpc) is 2.59. The second-order valence-corrected chi connectivity index (χ2v) is 5.66. The Balaban J connectivity index is 1.79. The van der Waals surface area contributed by atoms with Gasteiger partial charge >= 0.3 is 0 Å².